The number of aromatic nitrogens is 3. The Morgan fingerprint density at radius 2 is 2.38 bits per heavy atom. The lowest BCUT2D eigenvalue weighted by molar-refractivity contribution is -0.611. The van der Waals surface area contributed by atoms with Gasteiger partial charge in [0.05, 0.1) is 23.8 Å². The van der Waals surface area contributed by atoms with Crippen molar-refractivity contribution in [3.63, 3.8) is 0 Å². The topological polar surface area (TPSA) is 55.6 Å². The second kappa shape index (κ2) is 2.90. The van der Waals surface area contributed by atoms with Gasteiger partial charge < -0.3 is 10.2 Å². The maximum Gasteiger partial charge on any atom is 0.199 e. The molecule has 2 heterocycles. The fourth-order valence-corrected chi connectivity index (χ4v) is 1.26. The van der Waals surface area contributed by atoms with E-state index in [0.29, 0.717) is 5.69 Å². The van der Waals surface area contributed by atoms with E-state index in [9.17, 15) is 5.21 Å². The zero-order valence-electron chi connectivity index (χ0n) is 7.19. The molecule has 0 unspecified atom stereocenters. The minimum Gasteiger partial charge on any atom is -0.618 e. The van der Waals surface area contributed by atoms with Crippen LogP contribution in [0, 0.1) is 12.1 Å². The van der Waals surface area contributed by atoms with Crippen LogP contribution in [0.1, 0.15) is 5.69 Å². The third-order valence-electron chi connectivity index (χ3n) is 1.99. The van der Waals surface area contributed by atoms with Gasteiger partial charge in [-0.2, -0.15) is 4.73 Å². The molecule has 0 aliphatic rings. The molecule has 0 spiro atoms. The molecule has 1 N–H and O–H groups in total. The number of imidazole rings is 1. The maximum absolute atomic E-state index is 11.2. The third kappa shape index (κ3) is 1.26. The smallest absolute Gasteiger partial charge is 0.199 e. The third-order valence-corrected chi connectivity index (χ3v) is 1.99. The van der Waals surface area contributed by atoms with Crippen molar-refractivity contribution in [2.75, 3.05) is 0 Å². The van der Waals surface area contributed by atoms with E-state index in [1.165, 1.54) is 6.20 Å². The molecule has 0 aliphatic heterocycles. The lowest BCUT2D eigenvalue weighted by atomic mass is 10.1. The molecular weight excluding hydrogens is 166 g/mol. The average Bonchev–Trinajstić information content (AvgIpc) is 2.62. The summed E-state index contributed by atoms with van der Waals surface area (Å²) in [5, 5.41) is 11.2. The van der Waals surface area contributed by atoms with Crippen LogP contribution in [0.4, 0.5) is 0 Å². The number of nitrogens with zero attached hydrogens (tertiary/aromatic N) is 2. The molecule has 0 aliphatic carbocycles. The second-order valence-corrected chi connectivity index (χ2v) is 2.80. The van der Waals surface area contributed by atoms with Crippen LogP contribution in [0.15, 0.2) is 30.9 Å². The highest BCUT2D eigenvalue weighted by molar-refractivity contribution is 5.59. The molecule has 2 aromatic heterocycles. The van der Waals surface area contributed by atoms with E-state index < -0.39 is 0 Å². The van der Waals surface area contributed by atoms with Crippen LogP contribution < -0.4 is 4.73 Å². The van der Waals surface area contributed by atoms with E-state index >= 15 is 0 Å². The van der Waals surface area contributed by atoms with Crippen molar-refractivity contribution in [2.45, 2.75) is 6.92 Å². The molecule has 4 heteroatoms. The summed E-state index contributed by atoms with van der Waals surface area (Å²) in [5.74, 6) is 0. The normalized spacial score (nSPS) is 10.2. The quantitative estimate of drug-likeness (QED) is 0.519. The summed E-state index contributed by atoms with van der Waals surface area (Å²) in [4.78, 5) is 6.86. The molecule has 0 fully saturated rings. The zero-order chi connectivity index (χ0) is 9.26. The standard InChI is InChI=1S/C9H9N3O/c1-7-8(3-2-4-12(7)13)9-5-10-6-11-9/h2-6H,1H3,(H,10,11). The second-order valence-electron chi connectivity index (χ2n) is 2.80. The van der Waals surface area contributed by atoms with E-state index in [2.05, 4.69) is 9.97 Å². The molecule has 0 saturated heterocycles. The van der Waals surface area contributed by atoms with Gasteiger partial charge in [-0.3, -0.25) is 0 Å². The summed E-state index contributed by atoms with van der Waals surface area (Å²) < 4.78 is 0.843. The first kappa shape index (κ1) is 7.79. The van der Waals surface area contributed by atoms with Crippen LogP contribution in [0.2, 0.25) is 0 Å². The lowest BCUT2D eigenvalue weighted by Gasteiger charge is -2.03. The minimum atomic E-state index is 0.673. The van der Waals surface area contributed by atoms with Gasteiger partial charge in [-0.1, -0.05) is 0 Å². The monoisotopic (exact) mass is 175 g/mol. The first-order chi connectivity index (χ1) is 6.29. The lowest BCUT2D eigenvalue weighted by Crippen LogP contribution is -2.29. The molecule has 13 heavy (non-hydrogen) atoms. The number of H-pyrrole nitrogens is 1. The Balaban J connectivity index is 2.59. The van der Waals surface area contributed by atoms with Crippen LogP contribution in [0.5, 0.6) is 0 Å². The Bertz CT molecular complexity index is 409. The number of nitrogens with one attached hydrogen (secondary N) is 1. The van der Waals surface area contributed by atoms with Crippen molar-refractivity contribution >= 4 is 0 Å². The Morgan fingerprint density at radius 1 is 1.54 bits per heavy atom. The summed E-state index contributed by atoms with van der Waals surface area (Å²) in [6, 6.07) is 3.60. The van der Waals surface area contributed by atoms with Gasteiger partial charge in [-0.15, -0.1) is 0 Å². The van der Waals surface area contributed by atoms with Gasteiger partial charge in [0.25, 0.3) is 0 Å². The van der Waals surface area contributed by atoms with E-state index in [1.807, 2.05) is 6.07 Å². The number of hydrogen-bond donors (Lipinski definition) is 1. The zero-order valence-corrected chi connectivity index (χ0v) is 7.19. The molecule has 0 atom stereocenters. The van der Waals surface area contributed by atoms with Crippen LogP contribution >= 0.6 is 0 Å². The van der Waals surface area contributed by atoms with Crippen LogP contribution in [-0.2, 0) is 0 Å². The van der Waals surface area contributed by atoms with Gasteiger partial charge in [0.15, 0.2) is 11.9 Å². The number of rotatable bonds is 1. The van der Waals surface area contributed by atoms with E-state index in [4.69, 9.17) is 0 Å². The van der Waals surface area contributed by atoms with Gasteiger partial charge in [0, 0.05) is 13.0 Å². The molecule has 4 nitrogen and oxygen atoms in total. The van der Waals surface area contributed by atoms with E-state index in [-0.39, 0.29) is 0 Å². The minimum absolute atomic E-state index is 0.673. The van der Waals surface area contributed by atoms with E-state index in [1.54, 1.807) is 25.5 Å². The molecule has 0 bridgehead atoms. The summed E-state index contributed by atoms with van der Waals surface area (Å²) in [6.07, 6.45) is 4.77. The highest BCUT2D eigenvalue weighted by atomic mass is 16.5. The van der Waals surface area contributed by atoms with Gasteiger partial charge in [-0.25, -0.2) is 4.98 Å². The molecule has 0 radical (unpaired) electrons. The Hall–Kier alpha value is -1.84. The number of hydrogen-bond acceptors (Lipinski definition) is 2. The molecule has 0 aromatic carbocycles. The Kier molecular flexibility index (Phi) is 1.73. The van der Waals surface area contributed by atoms with Gasteiger partial charge >= 0.3 is 0 Å². The average molecular weight is 175 g/mol. The summed E-state index contributed by atoms with van der Waals surface area (Å²) >= 11 is 0. The maximum atomic E-state index is 11.2. The van der Waals surface area contributed by atoms with Gasteiger partial charge in [0.1, 0.15) is 0 Å². The molecule has 66 valence electrons. The van der Waals surface area contributed by atoms with Crippen molar-refractivity contribution < 1.29 is 4.73 Å². The molecule has 0 saturated carbocycles. The molecule has 0 amide bonds. The van der Waals surface area contributed by atoms with E-state index in [0.717, 1.165) is 16.0 Å². The van der Waals surface area contributed by atoms with Crippen molar-refractivity contribution in [1.82, 2.24) is 9.97 Å². The molecule has 2 rings (SSSR count). The van der Waals surface area contributed by atoms with Crippen LogP contribution in [-0.4, -0.2) is 9.97 Å². The molecule has 2 aromatic rings. The summed E-state index contributed by atoms with van der Waals surface area (Å²) in [5.41, 5.74) is 2.42. The fraction of sp³-hybridized carbons (Fsp3) is 0.111. The Labute approximate surface area is 75.5 Å². The predicted molar refractivity (Wildman–Crippen MR) is 47.7 cm³/mol. The summed E-state index contributed by atoms with van der Waals surface area (Å²) in [7, 11) is 0. The van der Waals surface area contributed by atoms with Crippen molar-refractivity contribution in [1.29, 1.82) is 0 Å². The van der Waals surface area contributed by atoms with Crippen molar-refractivity contribution in [2.24, 2.45) is 0 Å². The number of aromatic amines is 1. The predicted octanol–water partition coefficient (Wildman–Crippen LogP) is 1.02. The van der Waals surface area contributed by atoms with Crippen LogP contribution in [0.25, 0.3) is 11.3 Å². The number of pyridine rings is 1. The first-order valence-corrected chi connectivity index (χ1v) is 3.96. The summed E-state index contributed by atoms with van der Waals surface area (Å²) in [6.45, 7) is 1.78. The fourth-order valence-electron chi connectivity index (χ4n) is 1.26. The van der Waals surface area contributed by atoms with Gasteiger partial charge in [0.2, 0.25) is 0 Å². The molecular formula is C9H9N3O. The Morgan fingerprint density at radius 3 is 3.08 bits per heavy atom. The van der Waals surface area contributed by atoms with Crippen LogP contribution in [0.3, 0.4) is 0 Å². The van der Waals surface area contributed by atoms with Gasteiger partial charge in [-0.05, 0) is 6.07 Å². The van der Waals surface area contributed by atoms with Crippen molar-refractivity contribution in [3.8, 4) is 11.3 Å². The largest absolute Gasteiger partial charge is 0.618 e. The first-order valence-electron chi connectivity index (χ1n) is 3.96. The SMILES string of the molecule is Cc1c(-c2cnc[nH]2)ccc[n+]1[O-]. The highest BCUT2D eigenvalue weighted by Crippen LogP contribution is 2.16. The van der Waals surface area contributed by atoms with Crippen molar-refractivity contribution in [3.05, 3.63) is 41.8 Å². The highest BCUT2D eigenvalue weighted by Gasteiger charge is 2.08.